The average molecular weight is 535 g/mol. The maximum absolute atomic E-state index is 13.0. The third-order valence-electron chi connectivity index (χ3n) is 4.13. The molecule has 0 aliphatic heterocycles. The Hall–Kier alpha value is -4.85. The highest BCUT2D eigenvalue weighted by Gasteiger charge is 2.26. The van der Waals surface area contributed by atoms with Crippen LogP contribution in [0.15, 0.2) is 39.4 Å². The molecule has 0 fully saturated rings. The molecule has 196 valence electrons. The van der Waals surface area contributed by atoms with E-state index < -0.39 is 44.5 Å². The van der Waals surface area contributed by atoms with E-state index in [-0.39, 0.29) is 30.0 Å². The lowest BCUT2D eigenvalue weighted by atomic mass is 10.2. The predicted molar refractivity (Wildman–Crippen MR) is 123 cm³/mol. The van der Waals surface area contributed by atoms with Crippen molar-refractivity contribution in [3.8, 4) is 17.8 Å². The molecule has 1 unspecified atom stereocenters. The molecule has 2 aromatic rings. The Kier molecular flexibility index (Phi) is 9.77. The number of rotatable bonds is 10. The van der Waals surface area contributed by atoms with Crippen LogP contribution in [0.4, 0.5) is 16.4 Å². The minimum absolute atomic E-state index is 0.00404. The second-order valence-corrected chi connectivity index (χ2v) is 8.16. The third kappa shape index (κ3) is 7.57. The number of methoxy groups -OCH3 is 3. The Balaban J connectivity index is 2.38. The molecule has 1 atom stereocenters. The molecule has 1 heterocycles. The molecule has 0 aliphatic carbocycles. The highest BCUT2D eigenvalue weighted by Crippen LogP contribution is 2.24. The lowest BCUT2D eigenvalue weighted by molar-refractivity contribution is -0.143. The lowest BCUT2D eigenvalue weighted by Gasteiger charge is -2.12. The van der Waals surface area contributed by atoms with E-state index in [9.17, 15) is 22.8 Å². The van der Waals surface area contributed by atoms with Gasteiger partial charge in [-0.05, 0) is 25.1 Å². The Labute approximate surface area is 210 Å². The molecule has 0 bridgehead atoms. The fraction of sp³-hybridized carbons (Fsp3) is 0.300. The van der Waals surface area contributed by atoms with Crippen LogP contribution in [0.25, 0.3) is 0 Å². The van der Waals surface area contributed by atoms with Gasteiger partial charge >= 0.3 is 18.0 Å². The van der Waals surface area contributed by atoms with Gasteiger partial charge in [0.2, 0.25) is 17.7 Å². The molecule has 0 aliphatic rings. The number of aromatic nitrogens is 2. The summed E-state index contributed by atoms with van der Waals surface area (Å²) in [7, 11) is -1.09. The second kappa shape index (κ2) is 12.7. The number of hydrogen-bond donors (Lipinski definition) is 2. The van der Waals surface area contributed by atoms with E-state index in [0.717, 1.165) is 19.2 Å². The summed E-state index contributed by atoms with van der Waals surface area (Å²) in [5, 5.41) is 18.4. The Morgan fingerprint density at radius 3 is 2.30 bits per heavy atom. The number of hydrogen-bond acceptors (Lipinski definition) is 14. The van der Waals surface area contributed by atoms with E-state index in [1.807, 2.05) is 0 Å². The van der Waals surface area contributed by atoms with Crippen molar-refractivity contribution in [2.24, 2.45) is 10.2 Å². The number of benzene rings is 1. The van der Waals surface area contributed by atoms with Gasteiger partial charge in [0.1, 0.15) is 11.0 Å². The van der Waals surface area contributed by atoms with Crippen molar-refractivity contribution >= 4 is 39.6 Å². The lowest BCUT2D eigenvalue weighted by Crippen LogP contribution is -2.35. The molecule has 0 radical (unpaired) electrons. The van der Waals surface area contributed by atoms with E-state index in [1.165, 1.54) is 33.3 Å². The summed E-state index contributed by atoms with van der Waals surface area (Å²) >= 11 is 0. The van der Waals surface area contributed by atoms with Crippen molar-refractivity contribution in [3.63, 3.8) is 0 Å². The number of sulfonamides is 1. The number of esters is 2. The summed E-state index contributed by atoms with van der Waals surface area (Å²) in [6.45, 7) is 1.54. The number of carbonyl (C=O) groups is 3. The Morgan fingerprint density at radius 1 is 1.11 bits per heavy atom. The molecule has 1 aromatic carbocycles. The van der Waals surface area contributed by atoms with Gasteiger partial charge in [-0.3, -0.25) is 5.32 Å². The topological polar surface area (TPSA) is 221 Å². The standard InChI is InChI=1S/C20H21N7O9S/c1-5-36-18(29)13(10-21)26-25-11-6-7-12(17(28)35-4)14(8-11)37(31,32)27-20(30)24-19-22-15(33-2)9-16(23-19)34-3/h6-9,13H,5H2,1-4H3,(H2,22,23,24,27,30). The van der Waals surface area contributed by atoms with Gasteiger partial charge in [0.25, 0.3) is 16.1 Å². The number of amides is 2. The minimum atomic E-state index is -4.73. The summed E-state index contributed by atoms with van der Waals surface area (Å²) in [4.78, 5) is 43.3. The van der Waals surface area contributed by atoms with Gasteiger partial charge in [0, 0.05) is 0 Å². The molecular weight excluding hydrogens is 514 g/mol. The van der Waals surface area contributed by atoms with Gasteiger partial charge in [-0.1, -0.05) is 0 Å². The first-order valence-corrected chi connectivity index (χ1v) is 11.6. The van der Waals surface area contributed by atoms with Crippen LogP contribution >= 0.6 is 0 Å². The van der Waals surface area contributed by atoms with Gasteiger partial charge in [-0.25, -0.2) is 27.5 Å². The fourth-order valence-electron chi connectivity index (χ4n) is 2.52. The molecule has 2 amide bonds. The molecule has 0 saturated heterocycles. The average Bonchev–Trinajstić information content (AvgIpc) is 2.87. The summed E-state index contributed by atoms with van der Waals surface area (Å²) in [6, 6.07) is 3.13. The van der Waals surface area contributed by atoms with Gasteiger partial charge in [-0.15, -0.1) is 0 Å². The molecule has 2 rings (SSSR count). The number of nitriles is 1. The van der Waals surface area contributed by atoms with E-state index in [2.05, 4.69) is 30.3 Å². The molecule has 1 aromatic heterocycles. The predicted octanol–water partition coefficient (Wildman–Crippen LogP) is 1.33. The maximum Gasteiger partial charge on any atom is 0.347 e. The van der Waals surface area contributed by atoms with Crippen LogP contribution in [0.3, 0.4) is 0 Å². The van der Waals surface area contributed by atoms with E-state index in [1.54, 1.807) is 10.8 Å². The van der Waals surface area contributed by atoms with Crippen LogP contribution in [-0.4, -0.2) is 70.3 Å². The molecule has 0 spiro atoms. The van der Waals surface area contributed by atoms with Crippen LogP contribution in [-0.2, 0) is 24.3 Å². The SMILES string of the molecule is CCOC(=O)C(C#N)N=Nc1ccc(C(=O)OC)c(S(=O)(=O)NC(=O)Nc2nc(OC)cc(OC)n2)c1. The van der Waals surface area contributed by atoms with Crippen LogP contribution in [0.1, 0.15) is 17.3 Å². The number of carbonyl (C=O) groups excluding carboxylic acids is 3. The molecule has 0 saturated carbocycles. The highest BCUT2D eigenvalue weighted by atomic mass is 32.2. The summed E-state index contributed by atoms with van der Waals surface area (Å²) < 4.78 is 46.9. The molecular formula is C20H21N7O9S. The van der Waals surface area contributed by atoms with Crippen LogP contribution in [0.2, 0.25) is 0 Å². The first-order chi connectivity index (χ1) is 17.6. The van der Waals surface area contributed by atoms with E-state index >= 15 is 0 Å². The summed E-state index contributed by atoms with van der Waals surface area (Å²) in [6.07, 6.45) is 0. The van der Waals surface area contributed by atoms with Crippen molar-refractivity contribution < 1.29 is 41.7 Å². The smallest absolute Gasteiger partial charge is 0.347 e. The largest absolute Gasteiger partial charge is 0.481 e. The molecule has 16 nitrogen and oxygen atoms in total. The van der Waals surface area contributed by atoms with Gasteiger partial charge in [-0.2, -0.15) is 25.5 Å². The van der Waals surface area contributed by atoms with Crippen LogP contribution in [0.5, 0.6) is 11.8 Å². The zero-order valence-electron chi connectivity index (χ0n) is 19.9. The number of ether oxygens (including phenoxy) is 4. The quantitative estimate of drug-likeness (QED) is 0.325. The maximum atomic E-state index is 13.0. The van der Waals surface area contributed by atoms with Crippen molar-refractivity contribution in [2.75, 3.05) is 33.3 Å². The number of azo groups is 1. The molecule has 37 heavy (non-hydrogen) atoms. The van der Waals surface area contributed by atoms with Gasteiger partial charge < -0.3 is 18.9 Å². The number of nitrogens with zero attached hydrogens (tertiary/aromatic N) is 5. The second-order valence-electron chi connectivity index (χ2n) is 6.51. The summed E-state index contributed by atoms with van der Waals surface area (Å²) in [5.74, 6) is -2.29. The number of anilines is 1. The zero-order valence-corrected chi connectivity index (χ0v) is 20.7. The van der Waals surface area contributed by atoms with Crippen LogP contribution in [0, 0.1) is 11.3 Å². The number of urea groups is 1. The Bertz CT molecular complexity index is 1330. The number of nitrogens with one attached hydrogen (secondary N) is 2. The third-order valence-corrected chi connectivity index (χ3v) is 5.50. The van der Waals surface area contributed by atoms with E-state index in [0.29, 0.717) is 0 Å². The van der Waals surface area contributed by atoms with E-state index in [4.69, 9.17) is 19.5 Å². The fourth-order valence-corrected chi connectivity index (χ4v) is 3.64. The zero-order chi connectivity index (χ0) is 27.6. The van der Waals surface area contributed by atoms with Gasteiger partial charge in [0.15, 0.2) is 0 Å². The van der Waals surface area contributed by atoms with Crippen LogP contribution < -0.4 is 19.5 Å². The Morgan fingerprint density at radius 2 is 1.76 bits per heavy atom. The molecule has 17 heteroatoms. The minimum Gasteiger partial charge on any atom is -0.481 e. The van der Waals surface area contributed by atoms with Gasteiger partial charge in [0.05, 0.1) is 45.3 Å². The monoisotopic (exact) mass is 535 g/mol. The molecule has 2 N–H and O–H groups in total. The van der Waals surface area contributed by atoms with Crippen molar-refractivity contribution in [1.82, 2.24) is 14.7 Å². The van der Waals surface area contributed by atoms with Crippen molar-refractivity contribution in [3.05, 3.63) is 29.8 Å². The van der Waals surface area contributed by atoms with Crippen molar-refractivity contribution in [2.45, 2.75) is 17.9 Å². The first kappa shape index (κ1) is 28.4. The normalized spacial score (nSPS) is 11.6. The first-order valence-electron chi connectivity index (χ1n) is 10.1. The summed E-state index contributed by atoms with van der Waals surface area (Å²) in [5.41, 5.74) is -0.609. The highest BCUT2D eigenvalue weighted by molar-refractivity contribution is 7.90. The van der Waals surface area contributed by atoms with Crippen molar-refractivity contribution in [1.29, 1.82) is 5.26 Å².